The summed E-state index contributed by atoms with van der Waals surface area (Å²) in [6.07, 6.45) is 3.67. The van der Waals surface area contributed by atoms with Crippen molar-refractivity contribution in [2.45, 2.75) is 19.0 Å². The van der Waals surface area contributed by atoms with E-state index in [1.807, 2.05) is 35.2 Å². The number of halogens is 2. The number of imide groups is 1. The molecule has 0 aliphatic carbocycles. The van der Waals surface area contributed by atoms with Gasteiger partial charge in [-0.3, -0.25) is 19.2 Å². The number of nitrogens with zero attached hydrogens (tertiary/aromatic N) is 2. The number of carbonyl (C=O) groups is 4. The molecule has 190 valence electrons. The molecule has 6 rings (SSSR count). The highest BCUT2D eigenvalue weighted by Gasteiger charge is 2.64. The van der Waals surface area contributed by atoms with Gasteiger partial charge in [-0.05, 0) is 59.7 Å². The lowest BCUT2D eigenvalue weighted by molar-refractivity contribution is -0.132. The third-order valence-electron chi connectivity index (χ3n) is 7.28. The number of hydrogen-bond donors (Lipinski definition) is 0. The maximum absolute atomic E-state index is 14.0. The smallest absolute Gasteiger partial charge is 0.308 e. The summed E-state index contributed by atoms with van der Waals surface area (Å²) in [6.45, 7) is 1.29. The highest BCUT2D eigenvalue weighted by Crippen LogP contribution is 2.54. The predicted octanol–water partition coefficient (Wildman–Crippen LogP) is 5.32. The number of ether oxygens (including phenoxy) is 1. The van der Waals surface area contributed by atoms with Crippen molar-refractivity contribution in [1.29, 1.82) is 0 Å². The molecule has 3 heterocycles. The molecular formula is C29H20Cl2N2O5. The summed E-state index contributed by atoms with van der Waals surface area (Å²) in [4.78, 5) is 56.2. The first-order chi connectivity index (χ1) is 18.3. The minimum Gasteiger partial charge on any atom is -0.427 e. The van der Waals surface area contributed by atoms with Gasteiger partial charge in [-0.25, -0.2) is 4.90 Å². The normalized spacial score (nSPS) is 23.2. The number of anilines is 1. The van der Waals surface area contributed by atoms with Crippen molar-refractivity contribution in [3.8, 4) is 5.75 Å². The van der Waals surface area contributed by atoms with Crippen LogP contribution in [0, 0.1) is 11.8 Å². The summed E-state index contributed by atoms with van der Waals surface area (Å²) in [5.74, 6) is -3.13. The van der Waals surface area contributed by atoms with Crippen LogP contribution in [0.4, 0.5) is 5.69 Å². The lowest BCUT2D eigenvalue weighted by Crippen LogP contribution is -2.44. The lowest BCUT2D eigenvalue weighted by Gasteiger charge is -2.35. The van der Waals surface area contributed by atoms with Gasteiger partial charge in [-0.2, -0.15) is 0 Å². The first kappa shape index (κ1) is 24.4. The minimum absolute atomic E-state index is 0.179. The molecule has 4 unspecified atom stereocenters. The first-order valence-electron chi connectivity index (χ1n) is 12.0. The van der Waals surface area contributed by atoms with Crippen molar-refractivity contribution in [1.82, 2.24) is 4.90 Å². The number of benzene rings is 3. The molecule has 2 saturated heterocycles. The Morgan fingerprint density at radius 1 is 0.895 bits per heavy atom. The lowest BCUT2D eigenvalue weighted by atomic mass is 9.83. The van der Waals surface area contributed by atoms with E-state index in [1.54, 1.807) is 30.5 Å². The molecule has 3 aromatic carbocycles. The van der Waals surface area contributed by atoms with Gasteiger partial charge in [0.15, 0.2) is 5.78 Å². The van der Waals surface area contributed by atoms with Gasteiger partial charge in [0, 0.05) is 23.7 Å². The number of ketones is 1. The van der Waals surface area contributed by atoms with Crippen molar-refractivity contribution in [3.05, 3.63) is 99.7 Å². The Bertz CT molecular complexity index is 1550. The summed E-state index contributed by atoms with van der Waals surface area (Å²) in [5, 5.41) is 0.564. The number of Topliss-reactive ketones (excluding diaryl/α,β-unsaturated/α-hetero) is 1. The van der Waals surface area contributed by atoms with Gasteiger partial charge in [0.2, 0.25) is 11.8 Å². The molecule has 0 radical (unpaired) electrons. The number of amides is 2. The van der Waals surface area contributed by atoms with Gasteiger partial charge in [-0.15, -0.1) is 0 Å². The van der Waals surface area contributed by atoms with E-state index in [9.17, 15) is 19.2 Å². The second-order valence-electron chi connectivity index (χ2n) is 9.42. The Morgan fingerprint density at radius 3 is 2.32 bits per heavy atom. The zero-order valence-electron chi connectivity index (χ0n) is 20.0. The largest absolute Gasteiger partial charge is 0.427 e. The molecule has 2 fully saturated rings. The number of fused-ring (bicyclic) bond motifs is 5. The van der Waals surface area contributed by atoms with E-state index in [0.29, 0.717) is 16.5 Å². The number of hydrogen-bond acceptors (Lipinski definition) is 6. The Morgan fingerprint density at radius 2 is 1.61 bits per heavy atom. The predicted molar refractivity (Wildman–Crippen MR) is 142 cm³/mol. The molecule has 0 aromatic heterocycles. The highest BCUT2D eigenvalue weighted by atomic mass is 35.5. The zero-order valence-corrected chi connectivity index (χ0v) is 21.5. The Balaban J connectivity index is 1.45. The third-order valence-corrected chi connectivity index (χ3v) is 7.83. The summed E-state index contributed by atoms with van der Waals surface area (Å²) in [6, 6.07) is 16.9. The molecule has 0 bridgehead atoms. The van der Waals surface area contributed by atoms with E-state index in [2.05, 4.69) is 0 Å². The molecule has 3 aliphatic rings. The molecule has 9 heteroatoms. The van der Waals surface area contributed by atoms with Gasteiger partial charge in [-0.1, -0.05) is 47.5 Å². The molecular weight excluding hydrogens is 527 g/mol. The van der Waals surface area contributed by atoms with Crippen LogP contribution in [0.1, 0.15) is 34.5 Å². The standard InChI is InChI=1S/C29H20Cl2N2O5/c1-15(34)38-19-9-7-18(8-10-19)33-28(36)23-24(29(33)37)26(27(35)21-11-6-17(30)14-22(21)31)32-13-12-16-4-2-3-5-20(16)25(23)32/h2-14,23-26H,1H3. The van der Waals surface area contributed by atoms with Crippen LogP contribution in [-0.4, -0.2) is 34.5 Å². The van der Waals surface area contributed by atoms with Crippen LogP contribution >= 0.6 is 23.2 Å². The van der Waals surface area contributed by atoms with Crippen LogP contribution in [-0.2, 0) is 14.4 Å². The quantitative estimate of drug-likeness (QED) is 0.190. The fourth-order valence-electron chi connectivity index (χ4n) is 5.79. The topological polar surface area (TPSA) is 84.0 Å². The molecule has 4 atom stereocenters. The van der Waals surface area contributed by atoms with Gasteiger partial charge in [0.1, 0.15) is 11.8 Å². The Labute approximate surface area is 228 Å². The van der Waals surface area contributed by atoms with Crippen LogP contribution in [0.5, 0.6) is 5.75 Å². The van der Waals surface area contributed by atoms with Gasteiger partial charge < -0.3 is 9.64 Å². The second-order valence-corrected chi connectivity index (χ2v) is 10.3. The van der Waals surface area contributed by atoms with Crippen LogP contribution in [0.15, 0.2) is 72.9 Å². The monoisotopic (exact) mass is 546 g/mol. The van der Waals surface area contributed by atoms with Crippen molar-refractivity contribution >= 4 is 58.5 Å². The highest BCUT2D eigenvalue weighted by molar-refractivity contribution is 6.37. The van der Waals surface area contributed by atoms with Crippen LogP contribution in [0.2, 0.25) is 10.0 Å². The molecule has 3 aliphatic heterocycles. The van der Waals surface area contributed by atoms with Crippen LogP contribution < -0.4 is 9.64 Å². The third kappa shape index (κ3) is 3.73. The number of esters is 1. The Kier molecular flexibility index (Phi) is 5.85. The SMILES string of the molecule is CC(=O)Oc1ccc(N2C(=O)C3C(C2=O)C2c4ccccc4C=CN2C3C(=O)c2ccc(Cl)cc2Cl)cc1. The fraction of sp³-hybridized carbons (Fsp3) is 0.172. The van der Waals surface area contributed by atoms with Crippen molar-refractivity contribution in [3.63, 3.8) is 0 Å². The molecule has 2 amide bonds. The van der Waals surface area contributed by atoms with Gasteiger partial charge >= 0.3 is 5.97 Å². The molecule has 38 heavy (non-hydrogen) atoms. The Hall–Kier alpha value is -3.94. The maximum atomic E-state index is 14.0. The summed E-state index contributed by atoms with van der Waals surface area (Å²) in [5.41, 5.74) is 2.37. The molecule has 0 saturated carbocycles. The summed E-state index contributed by atoms with van der Waals surface area (Å²) >= 11 is 12.5. The molecule has 0 N–H and O–H groups in total. The summed E-state index contributed by atoms with van der Waals surface area (Å²) < 4.78 is 5.08. The van der Waals surface area contributed by atoms with Gasteiger partial charge in [0.25, 0.3) is 0 Å². The number of rotatable bonds is 4. The number of carbonyl (C=O) groups excluding carboxylic acids is 4. The van der Waals surface area contributed by atoms with Crippen LogP contribution in [0.3, 0.4) is 0 Å². The fourth-order valence-corrected chi connectivity index (χ4v) is 6.29. The van der Waals surface area contributed by atoms with Crippen molar-refractivity contribution in [2.75, 3.05) is 4.90 Å². The maximum Gasteiger partial charge on any atom is 0.308 e. The van der Waals surface area contributed by atoms with E-state index in [-0.39, 0.29) is 16.4 Å². The molecule has 3 aromatic rings. The van der Waals surface area contributed by atoms with E-state index < -0.39 is 41.7 Å². The second kappa shape index (κ2) is 9.11. The van der Waals surface area contributed by atoms with Crippen molar-refractivity contribution < 1.29 is 23.9 Å². The zero-order chi connectivity index (χ0) is 26.7. The minimum atomic E-state index is -0.949. The molecule has 0 spiro atoms. The average Bonchev–Trinajstić information content (AvgIpc) is 3.36. The van der Waals surface area contributed by atoms with Crippen molar-refractivity contribution in [2.24, 2.45) is 11.8 Å². The van der Waals surface area contributed by atoms with E-state index in [0.717, 1.165) is 16.0 Å². The van der Waals surface area contributed by atoms with E-state index >= 15 is 0 Å². The van der Waals surface area contributed by atoms with Gasteiger partial charge in [0.05, 0.1) is 28.6 Å². The molecule has 7 nitrogen and oxygen atoms in total. The average molecular weight is 547 g/mol. The van der Waals surface area contributed by atoms with Crippen LogP contribution in [0.25, 0.3) is 6.08 Å². The first-order valence-corrected chi connectivity index (χ1v) is 12.7. The summed E-state index contributed by atoms with van der Waals surface area (Å²) in [7, 11) is 0. The van der Waals surface area contributed by atoms with E-state index in [4.69, 9.17) is 27.9 Å². The van der Waals surface area contributed by atoms with E-state index in [1.165, 1.54) is 25.1 Å².